The third-order valence-electron chi connectivity index (χ3n) is 7.08. The van der Waals surface area contributed by atoms with Gasteiger partial charge in [0.25, 0.3) is 6.43 Å². The van der Waals surface area contributed by atoms with Crippen molar-refractivity contribution in [3.8, 4) is 17.1 Å². The Labute approximate surface area is 223 Å². The molecule has 4 heterocycles. The second-order valence-electron chi connectivity index (χ2n) is 9.97. The number of alkyl halides is 2. The van der Waals surface area contributed by atoms with Crippen LogP contribution in [0.25, 0.3) is 22.6 Å². The molecule has 4 aromatic rings. The molecule has 1 aliphatic heterocycles. The number of aromatic nitrogens is 6. The van der Waals surface area contributed by atoms with Crippen LogP contribution in [0, 0.1) is 5.92 Å². The molecule has 1 unspecified atom stereocenters. The molecule has 0 amide bonds. The van der Waals surface area contributed by atoms with Gasteiger partial charge in [-0.3, -0.25) is 14.0 Å². The number of benzene rings is 1. The lowest BCUT2D eigenvalue weighted by Crippen LogP contribution is -2.21. The molecule has 1 atom stereocenters. The third kappa shape index (κ3) is 4.96. The maximum absolute atomic E-state index is 14.3. The molecule has 1 saturated carbocycles. The van der Waals surface area contributed by atoms with Crippen LogP contribution in [-0.2, 0) is 23.0 Å². The second-order valence-corrected chi connectivity index (χ2v) is 9.97. The van der Waals surface area contributed by atoms with Gasteiger partial charge in [-0.1, -0.05) is 6.07 Å². The quantitative estimate of drug-likeness (QED) is 0.313. The molecule has 6 rings (SSSR count). The number of carbonyl (C=O) groups excluding carboxylic acids is 1. The van der Waals surface area contributed by atoms with Crippen LogP contribution in [0.2, 0.25) is 0 Å². The Morgan fingerprint density at radius 1 is 1.21 bits per heavy atom. The number of ether oxygens (including phenoxy) is 2. The number of nitrogens with zero attached hydrogens (tertiary/aromatic N) is 6. The van der Waals surface area contributed by atoms with Crippen LogP contribution in [0.1, 0.15) is 56.3 Å². The number of carbonyl (C=O) groups is 1. The number of methoxy groups -OCH3 is 1. The van der Waals surface area contributed by atoms with Gasteiger partial charge in [0.05, 0.1) is 29.7 Å². The number of pyridine rings is 1. The van der Waals surface area contributed by atoms with Crippen molar-refractivity contribution in [1.82, 2.24) is 29.3 Å². The van der Waals surface area contributed by atoms with Gasteiger partial charge < -0.3 is 14.8 Å². The minimum atomic E-state index is -2.83. The van der Waals surface area contributed by atoms with Crippen LogP contribution in [0.4, 0.5) is 20.2 Å². The summed E-state index contributed by atoms with van der Waals surface area (Å²) in [4.78, 5) is 26.1. The number of ketones is 1. The maximum Gasteiger partial charge on any atom is 0.295 e. The normalized spacial score (nSPS) is 17.6. The number of hydrogen-bond acceptors (Lipinski definition) is 8. The molecule has 12 heteroatoms. The van der Waals surface area contributed by atoms with E-state index in [0.29, 0.717) is 47.2 Å². The summed E-state index contributed by atoms with van der Waals surface area (Å²) in [5, 5.41) is 7.70. The van der Waals surface area contributed by atoms with Crippen molar-refractivity contribution >= 4 is 28.3 Å². The van der Waals surface area contributed by atoms with Gasteiger partial charge in [0.15, 0.2) is 23.0 Å². The lowest BCUT2D eigenvalue weighted by molar-refractivity contribution is -0.119. The number of anilines is 2. The molecular formula is C27H29F2N7O3. The predicted octanol–water partition coefficient (Wildman–Crippen LogP) is 5.14. The van der Waals surface area contributed by atoms with E-state index >= 15 is 0 Å². The largest absolute Gasteiger partial charge is 0.494 e. The highest BCUT2D eigenvalue weighted by molar-refractivity contribution is 5.92. The number of rotatable bonds is 9. The Morgan fingerprint density at radius 3 is 2.72 bits per heavy atom. The molecule has 0 radical (unpaired) electrons. The molecule has 39 heavy (non-hydrogen) atoms. The number of aryl methyl sites for hydroxylation is 1. The van der Waals surface area contributed by atoms with E-state index in [9.17, 15) is 13.6 Å². The van der Waals surface area contributed by atoms with Crippen molar-refractivity contribution < 1.29 is 23.0 Å². The molecule has 2 fully saturated rings. The fraction of sp³-hybridized carbons (Fsp3) is 0.444. The molecule has 2 aliphatic rings. The first-order chi connectivity index (χ1) is 18.9. The van der Waals surface area contributed by atoms with Crippen molar-refractivity contribution in [2.24, 2.45) is 13.0 Å². The van der Waals surface area contributed by atoms with E-state index in [1.165, 1.54) is 4.57 Å². The van der Waals surface area contributed by atoms with Gasteiger partial charge in [0, 0.05) is 26.0 Å². The fourth-order valence-electron chi connectivity index (χ4n) is 5.05. The Hall–Kier alpha value is -3.93. The van der Waals surface area contributed by atoms with E-state index in [1.54, 1.807) is 31.2 Å². The molecular weight excluding hydrogens is 508 g/mol. The van der Waals surface area contributed by atoms with Crippen molar-refractivity contribution in [3.63, 3.8) is 0 Å². The van der Waals surface area contributed by atoms with Gasteiger partial charge in [-0.2, -0.15) is 5.10 Å². The van der Waals surface area contributed by atoms with Gasteiger partial charge >= 0.3 is 0 Å². The topological polar surface area (TPSA) is 109 Å². The predicted molar refractivity (Wildman–Crippen MR) is 139 cm³/mol. The van der Waals surface area contributed by atoms with E-state index in [2.05, 4.69) is 25.4 Å². The molecule has 3 aromatic heterocycles. The van der Waals surface area contributed by atoms with Crippen LogP contribution in [0.15, 0.2) is 30.6 Å². The van der Waals surface area contributed by atoms with E-state index < -0.39 is 18.5 Å². The number of para-hydroxylation sites is 1. The monoisotopic (exact) mass is 537 g/mol. The van der Waals surface area contributed by atoms with E-state index in [4.69, 9.17) is 9.47 Å². The second kappa shape index (κ2) is 10.3. The Kier molecular flexibility index (Phi) is 6.71. The Morgan fingerprint density at radius 2 is 2.05 bits per heavy atom. The van der Waals surface area contributed by atoms with Crippen LogP contribution in [-0.4, -0.2) is 48.8 Å². The lowest BCUT2D eigenvalue weighted by Gasteiger charge is -2.25. The van der Waals surface area contributed by atoms with Crippen LogP contribution in [0.5, 0.6) is 5.75 Å². The van der Waals surface area contributed by atoms with Crippen molar-refractivity contribution in [1.29, 1.82) is 0 Å². The summed E-state index contributed by atoms with van der Waals surface area (Å²) in [5.41, 5.74) is 2.69. The molecule has 204 valence electrons. The lowest BCUT2D eigenvalue weighted by atomic mass is 10.1. The van der Waals surface area contributed by atoms with Crippen molar-refractivity contribution in [2.45, 2.75) is 51.2 Å². The van der Waals surface area contributed by atoms with Gasteiger partial charge in [0.1, 0.15) is 23.9 Å². The Balaban J connectivity index is 1.49. The van der Waals surface area contributed by atoms with Gasteiger partial charge in [-0.15, -0.1) is 0 Å². The molecule has 1 saturated heterocycles. The first kappa shape index (κ1) is 25.4. The maximum atomic E-state index is 14.3. The summed E-state index contributed by atoms with van der Waals surface area (Å²) in [6.45, 7) is 0.476. The minimum absolute atomic E-state index is 0.0461. The zero-order valence-corrected chi connectivity index (χ0v) is 21.7. The molecule has 0 spiro atoms. The van der Waals surface area contributed by atoms with Crippen LogP contribution < -0.4 is 10.1 Å². The first-order valence-electron chi connectivity index (χ1n) is 13.1. The zero-order valence-electron chi connectivity index (χ0n) is 21.7. The highest BCUT2D eigenvalue weighted by Gasteiger charge is 2.32. The van der Waals surface area contributed by atoms with E-state index in [0.717, 1.165) is 25.7 Å². The summed E-state index contributed by atoms with van der Waals surface area (Å²) in [6, 6.07) is 7.18. The molecule has 1 aliphatic carbocycles. The minimum Gasteiger partial charge on any atom is -0.494 e. The van der Waals surface area contributed by atoms with E-state index in [1.807, 2.05) is 18.2 Å². The number of nitrogens with one attached hydrogen (secondary N) is 1. The summed E-state index contributed by atoms with van der Waals surface area (Å²) in [6.07, 6.45) is 2.33. The summed E-state index contributed by atoms with van der Waals surface area (Å²) < 4.78 is 43.2. The third-order valence-corrected chi connectivity index (χ3v) is 7.08. The summed E-state index contributed by atoms with van der Waals surface area (Å²) >= 11 is 0. The van der Waals surface area contributed by atoms with Crippen LogP contribution in [0.3, 0.4) is 0 Å². The highest BCUT2D eigenvalue weighted by atomic mass is 19.3. The van der Waals surface area contributed by atoms with Crippen molar-refractivity contribution in [3.05, 3.63) is 42.1 Å². The number of hydrogen-bond donors (Lipinski definition) is 1. The molecule has 10 nitrogen and oxygen atoms in total. The zero-order chi connectivity index (χ0) is 27.1. The average Bonchev–Trinajstić information content (AvgIpc) is 3.59. The molecule has 1 N–H and O–H groups in total. The molecule has 1 aromatic carbocycles. The molecule has 0 bridgehead atoms. The number of imidazole rings is 1. The number of fused-ring (bicyclic) bond motifs is 1. The SMILES string of the molecule is COc1c(Nc2cc(CC(=O)C3CC3)nc3c2nc(C(F)F)n3C2CCCCO2)cccc1-c1ncn(C)n1. The van der Waals surface area contributed by atoms with E-state index in [-0.39, 0.29) is 29.3 Å². The smallest absolute Gasteiger partial charge is 0.295 e. The first-order valence-corrected chi connectivity index (χ1v) is 13.1. The summed E-state index contributed by atoms with van der Waals surface area (Å²) in [7, 11) is 3.31. The van der Waals surface area contributed by atoms with Gasteiger partial charge in [-0.25, -0.2) is 23.7 Å². The van der Waals surface area contributed by atoms with Crippen molar-refractivity contribution in [2.75, 3.05) is 19.0 Å². The van der Waals surface area contributed by atoms with Crippen LogP contribution >= 0.6 is 0 Å². The Bertz CT molecular complexity index is 1520. The number of halogens is 2. The average molecular weight is 538 g/mol. The number of Topliss-reactive ketones (excluding diaryl/α,β-unsaturated/α-hetero) is 1. The van der Waals surface area contributed by atoms with Gasteiger partial charge in [-0.05, 0) is 50.3 Å². The fourth-order valence-corrected chi connectivity index (χ4v) is 5.05. The highest BCUT2D eigenvalue weighted by Crippen LogP contribution is 2.40. The standard InChI is InChI=1S/C27H29F2N7O3/c1-35-14-30-25(34-35)17-6-5-7-18(23(17)38-2)32-19-12-16(13-20(37)15-9-10-15)31-26-22(19)33-27(24(28)29)36(26)21-8-3-4-11-39-21/h5-7,12,14-15,21,24H,3-4,8-11,13H2,1-2H3,(H,31,32). The van der Waals surface area contributed by atoms with Gasteiger partial charge in [0.2, 0.25) is 0 Å². The summed E-state index contributed by atoms with van der Waals surface area (Å²) in [5.74, 6) is 0.699.